The molecule has 1 aromatic heterocycles. The molecule has 1 heterocycles. The molecule has 25 heavy (non-hydrogen) atoms. The second-order valence-corrected chi connectivity index (χ2v) is 8.59. The monoisotopic (exact) mass is 381 g/mol. The molecule has 0 saturated heterocycles. The number of hydrogen-bond donors (Lipinski definition) is 1. The van der Waals surface area contributed by atoms with Gasteiger partial charge in [-0.2, -0.15) is 0 Å². The lowest BCUT2D eigenvalue weighted by Gasteiger charge is -2.16. The fourth-order valence-electron chi connectivity index (χ4n) is 2.04. The van der Waals surface area contributed by atoms with Crippen molar-refractivity contribution in [2.45, 2.75) is 25.3 Å². The topological polar surface area (TPSA) is 96.4 Å². The summed E-state index contributed by atoms with van der Waals surface area (Å²) in [6.45, 7) is 3.31. The third kappa shape index (κ3) is 5.18. The number of sulfonamides is 1. The summed E-state index contributed by atoms with van der Waals surface area (Å²) in [7, 11) is -2.21. The number of carbonyl (C=O) groups is 2. The Bertz CT molecular complexity index is 873. The summed E-state index contributed by atoms with van der Waals surface area (Å²) in [5, 5.41) is 0.908. The molecule has 0 bridgehead atoms. The Morgan fingerprint density at radius 1 is 1.24 bits per heavy atom. The van der Waals surface area contributed by atoms with Crippen LogP contribution in [0.3, 0.4) is 0 Å². The van der Waals surface area contributed by atoms with E-state index in [1.165, 1.54) is 47.4 Å². The molecule has 0 spiro atoms. The SMILES string of the molecule is CC(=O)c1ccc(S(=O)(=O)NCC(=O)N(C)Cc2cnc(C)s2)cc1. The molecular weight excluding hydrogens is 362 g/mol. The van der Waals surface area contributed by atoms with Crippen LogP contribution in [0.1, 0.15) is 27.2 Å². The van der Waals surface area contributed by atoms with E-state index in [1.807, 2.05) is 6.92 Å². The van der Waals surface area contributed by atoms with E-state index in [2.05, 4.69) is 9.71 Å². The van der Waals surface area contributed by atoms with Crippen molar-refractivity contribution >= 4 is 33.1 Å². The molecule has 1 N–H and O–H groups in total. The second kappa shape index (κ2) is 7.85. The maximum Gasteiger partial charge on any atom is 0.241 e. The first-order valence-electron chi connectivity index (χ1n) is 7.45. The van der Waals surface area contributed by atoms with Crippen LogP contribution in [0.4, 0.5) is 0 Å². The van der Waals surface area contributed by atoms with Gasteiger partial charge in [-0.15, -0.1) is 11.3 Å². The zero-order valence-electron chi connectivity index (χ0n) is 14.1. The van der Waals surface area contributed by atoms with Crippen LogP contribution in [-0.2, 0) is 21.4 Å². The van der Waals surface area contributed by atoms with Crippen molar-refractivity contribution < 1.29 is 18.0 Å². The molecular formula is C16H19N3O4S2. The lowest BCUT2D eigenvalue weighted by molar-refractivity contribution is -0.129. The lowest BCUT2D eigenvalue weighted by atomic mass is 10.2. The third-order valence-corrected chi connectivity index (χ3v) is 5.79. The van der Waals surface area contributed by atoms with E-state index in [4.69, 9.17) is 0 Å². The highest BCUT2D eigenvalue weighted by Gasteiger charge is 2.18. The van der Waals surface area contributed by atoms with Crippen molar-refractivity contribution in [2.24, 2.45) is 0 Å². The minimum absolute atomic E-state index is 0.00559. The maximum absolute atomic E-state index is 12.2. The molecule has 0 unspecified atom stereocenters. The van der Waals surface area contributed by atoms with Gasteiger partial charge in [-0.05, 0) is 26.0 Å². The molecule has 2 rings (SSSR count). The zero-order chi connectivity index (χ0) is 18.6. The molecule has 0 fully saturated rings. The van der Waals surface area contributed by atoms with Gasteiger partial charge in [0.2, 0.25) is 15.9 Å². The quantitative estimate of drug-likeness (QED) is 0.735. The predicted octanol–water partition coefficient (Wildman–Crippen LogP) is 1.59. The van der Waals surface area contributed by atoms with Crippen molar-refractivity contribution in [3.05, 3.63) is 45.9 Å². The second-order valence-electron chi connectivity index (χ2n) is 5.50. The van der Waals surface area contributed by atoms with Crippen LogP contribution in [-0.4, -0.2) is 43.6 Å². The molecule has 0 aliphatic heterocycles. The maximum atomic E-state index is 12.2. The van der Waals surface area contributed by atoms with E-state index in [1.54, 1.807) is 13.2 Å². The number of aromatic nitrogens is 1. The van der Waals surface area contributed by atoms with Gasteiger partial charge in [0.05, 0.1) is 23.0 Å². The molecule has 0 aliphatic rings. The van der Waals surface area contributed by atoms with E-state index in [0.29, 0.717) is 12.1 Å². The first-order chi connectivity index (χ1) is 11.7. The average Bonchev–Trinajstić information content (AvgIpc) is 2.97. The Morgan fingerprint density at radius 3 is 2.40 bits per heavy atom. The number of hydrogen-bond acceptors (Lipinski definition) is 6. The minimum atomic E-state index is -3.82. The van der Waals surface area contributed by atoms with Gasteiger partial charge < -0.3 is 4.90 Å². The van der Waals surface area contributed by atoms with Gasteiger partial charge >= 0.3 is 0 Å². The lowest BCUT2D eigenvalue weighted by Crippen LogP contribution is -2.37. The summed E-state index contributed by atoms with van der Waals surface area (Å²) in [4.78, 5) is 29.8. The van der Waals surface area contributed by atoms with Gasteiger partial charge in [-0.3, -0.25) is 9.59 Å². The first kappa shape index (κ1) is 19.2. The van der Waals surface area contributed by atoms with Crippen LogP contribution in [0.15, 0.2) is 35.4 Å². The summed E-state index contributed by atoms with van der Waals surface area (Å²) in [5.74, 6) is -0.498. The van der Waals surface area contributed by atoms with Gasteiger partial charge in [0.25, 0.3) is 0 Å². The fraction of sp³-hybridized carbons (Fsp3) is 0.312. The van der Waals surface area contributed by atoms with E-state index in [9.17, 15) is 18.0 Å². The standard InChI is InChI=1S/C16H19N3O4S2/c1-11(20)13-4-6-15(7-5-13)25(22,23)18-9-16(21)19(3)10-14-8-17-12(2)24-14/h4-8,18H,9-10H2,1-3H3. The van der Waals surface area contributed by atoms with E-state index < -0.39 is 10.0 Å². The molecule has 2 aromatic rings. The Balaban J connectivity index is 1.96. The number of likely N-dealkylation sites (N-methyl/N-ethyl adjacent to an activating group) is 1. The zero-order valence-corrected chi connectivity index (χ0v) is 15.8. The fourth-order valence-corrected chi connectivity index (χ4v) is 3.87. The summed E-state index contributed by atoms with van der Waals surface area (Å²) in [6.07, 6.45) is 1.70. The number of Topliss-reactive ketones (excluding diaryl/α,β-unsaturated/α-hetero) is 1. The molecule has 134 valence electrons. The largest absolute Gasteiger partial charge is 0.339 e. The van der Waals surface area contributed by atoms with Crippen molar-refractivity contribution in [3.8, 4) is 0 Å². The summed E-state index contributed by atoms with van der Waals surface area (Å²) in [6, 6.07) is 5.56. The van der Waals surface area contributed by atoms with Gasteiger partial charge in [0.15, 0.2) is 5.78 Å². The summed E-state index contributed by atoms with van der Waals surface area (Å²) >= 11 is 1.49. The van der Waals surface area contributed by atoms with Gasteiger partial charge in [0.1, 0.15) is 0 Å². The Hall–Kier alpha value is -2.10. The summed E-state index contributed by atoms with van der Waals surface area (Å²) in [5.41, 5.74) is 0.426. The van der Waals surface area contributed by atoms with Crippen LogP contribution >= 0.6 is 11.3 Å². The van der Waals surface area contributed by atoms with E-state index in [-0.39, 0.29) is 23.1 Å². The van der Waals surface area contributed by atoms with Gasteiger partial charge in [-0.25, -0.2) is 18.1 Å². The molecule has 0 atom stereocenters. The number of thiazole rings is 1. The number of aryl methyl sites for hydroxylation is 1. The van der Waals surface area contributed by atoms with Crippen LogP contribution in [0.25, 0.3) is 0 Å². The molecule has 1 aromatic carbocycles. The van der Waals surface area contributed by atoms with Gasteiger partial charge in [-0.1, -0.05) is 12.1 Å². The van der Waals surface area contributed by atoms with Crippen molar-refractivity contribution in [1.82, 2.24) is 14.6 Å². The number of nitrogens with zero attached hydrogens (tertiary/aromatic N) is 2. The van der Waals surface area contributed by atoms with E-state index >= 15 is 0 Å². The number of amides is 1. The van der Waals surface area contributed by atoms with E-state index in [0.717, 1.165) is 9.88 Å². The number of nitrogens with one attached hydrogen (secondary N) is 1. The van der Waals surface area contributed by atoms with Crippen molar-refractivity contribution in [3.63, 3.8) is 0 Å². The molecule has 0 aliphatic carbocycles. The molecule has 0 radical (unpaired) electrons. The molecule has 0 saturated carbocycles. The number of rotatable bonds is 7. The third-order valence-electron chi connectivity index (χ3n) is 3.47. The normalized spacial score (nSPS) is 11.3. The van der Waals surface area contributed by atoms with Crippen LogP contribution in [0.2, 0.25) is 0 Å². The Kier molecular flexibility index (Phi) is 6.04. The van der Waals surface area contributed by atoms with Crippen molar-refractivity contribution in [2.75, 3.05) is 13.6 Å². The number of carbonyl (C=O) groups excluding carboxylic acids is 2. The molecule has 7 nitrogen and oxygen atoms in total. The molecule has 1 amide bonds. The van der Waals surface area contributed by atoms with Crippen LogP contribution in [0.5, 0.6) is 0 Å². The first-order valence-corrected chi connectivity index (χ1v) is 9.75. The van der Waals surface area contributed by atoms with Crippen LogP contribution in [0, 0.1) is 6.92 Å². The number of benzene rings is 1. The highest BCUT2D eigenvalue weighted by molar-refractivity contribution is 7.89. The Morgan fingerprint density at radius 2 is 1.88 bits per heavy atom. The highest BCUT2D eigenvalue weighted by Crippen LogP contribution is 2.14. The van der Waals surface area contributed by atoms with Gasteiger partial charge in [0, 0.05) is 23.7 Å². The minimum Gasteiger partial charge on any atom is -0.339 e. The smallest absolute Gasteiger partial charge is 0.241 e. The highest BCUT2D eigenvalue weighted by atomic mass is 32.2. The predicted molar refractivity (Wildman–Crippen MR) is 95.0 cm³/mol. The van der Waals surface area contributed by atoms with Crippen LogP contribution < -0.4 is 4.72 Å². The molecule has 9 heteroatoms. The Labute approximate surface area is 150 Å². The summed E-state index contributed by atoms with van der Waals surface area (Å²) < 4.78 is 26.7. The number of ketones is 1. The van der Waals surface area contributed by atoms with Crippen molar-refractivity contribution in [1.29, 1.82) is 0 Å². The average molecular weight is 381 g/mol.